The Morgan fingerprint density at radius 1 is 0.813 bits per heavy atom. The highest BCUT2D eigenvalue weighted by Crippen LogP contribution is 2.41. The van der Waals surface area contributed by atoms with Gasteiger partial charge in [0.25, 0.3) is 0 Å². The number of nitrogens with zero attached hydrogens (tertiary/aromatic N) is 6. The van der Waals surface area contributed by atoms with Gasteiger partial charge in [-0.1, -0.05) is 103 Å². The first-order valence-corrected chi connectivity index (χ1v) is 34.9. The molecule has 14 nitrogen and oxygen atoms in total. The van der Waals surface area contributed by atoms with Crippen molar-refractivity contribution in [3.05, 3.63) is 119 Å². The molecule has 4 fully saturated rings. The Bertz CT molecular complexity index is 2700. The largest absolute Gasteiger partial charge is 0.419 e. The van der Waals surface area contributed by atoms with Gasteiger partial charge < -0.3 is 56.2 Å². The van der Waals surface area contributed by atoms with E-state index < -0.39 is 17.6 Å². The molecule has 4 heterocycles. The summed E-state index contributed by atoms with van der Waals surface area (Å²) >= 11 is 0. The Hall–Kier alpha value is -4.82. The molecule has 0 radical (unpaired) electrons. The number of aliphatic imine (C=N–C) groups is 1. The summed E-state index contributed by atoms with van der Waals surface area (Å²) in [7, 11) is 4.14. The summed E-state index contributed by atoms with van der Waals surface area (Å²) in [6, 6.07) is 13.4. The summed E-state index contributed by atoms with van der Waals surface area (Å²) in [4.78, 5) is 31.4. The van der Waals surface area contributed by atoms with Crippen molar-refractivity contribution in [2.75, 3.05) is 79.7 Å². The number of carbonyl (C=O) groups is 1. The minimum atomic E-state index is -4.77. The van der Waals surface area contributed by atoms with Crippen LogP contribution in [0.5, 0.6) is 0 Å². The van der Waals surface area contributed by atoms with Crippen LogP contribution in [0.3, 0.4) is 0 Å². The van der Waals surface area contributed by atoms with E-state index in [-0.39, 0.29) is 71.7 Å². The molecule has 3 saturated heterocycles. The highest BCUT2D eigenvalue weighted by Gasteiger charge is 2.55. The Morgan fingerprint density at radius 2 is 1.52 bits per heavy atom. The smallest absolute Gasteiger partial charge is 0.390 e. The molecule has 7 rings (SSSR count). The molecule has 0 bridgehead atoms. The van der Waals surface area contributed by atoms with Crippen LogP contribution in [0, 0.1) is 36.4 Å². The van der Waals surface area contributed by atoms with E-state index in [9.17, 15) is 22.4 Å². The van der Waals surface area contributed by atoms with Gasteiger partial charge in [0.1, 0.15) is 5.82 Å². The Labute approximate surface area is 546 Å². The van der Waals surface area contributed by atoms with Crippen molar-refractivity contribution in [2.45, 2.75) is 226 Å². The zero-order chi connectivity index (χ0) is 66.0. The van der Waals surface area contributed by atoms with Crippen LogP contribution in [0.2, 0.25) is 0 Å². The molecule has 1 amide bonds. The van der Waals surface area contributed by atoms with Crippen LogP contribution in [-0.2, 0) is 28.5 Å². The molecule has 1 saturated carbocycles. The fourth-order valence-corrected chi connectivity index (χ4v) is 14.9. The zero-order valence-electron chi connectivity index (χ0n) is 58.1. The van der Waals surface area contributed by atoms with Crippen LogP contribution >= 0.6 is 0 Å². The molecule has 91 heavy (non-hydrogen) atoms. The lowest BCUT2D eigenvalue weighted by Gasteiger charge is -2.60. The molecular weight excluding hydrogens is 1150 g/mol. The van der Waals surface area contributed by atoms with Crippen LogP contribution in [0.4, 0.5) is 17.6 Å². The van der Waals surface area contributed by atoms with Gasteiger partial charge in [0, 0.05) is 175 Å². The number of likely N-dealkylation sites (N-methyl/N-ethyl adjacent to an activating group) is 1. The van der Waals surface area contributed by atoms with Crippen molar-refractivity contribution < 1.29 is 27.1 Å². The third-order valence-corrected chi connectivity index (χ3v) is 20.9. The Balaban J connectivity index is 1.21. The summed E-state index contributed by atoms with van der Waals surface area (Å²) < 4.78 is 61.2. The van der Waals surface area contributed by atoms with Gasteiger partial charge in [-0.3, -0.25) is 14.7 Å². The van der Waals surface area contributed by atoms with Crippen LogP contribution in [0.15, 0.2) is 95.9 Å². The van der Waals surface area contributed by atoms with Crippen molar-refractivity contribution in [1.82, 2.24) is 56.4 Å². The minimum Gasteiger partial charge on any atom is -0.390 e. The van der Waals surface area contributed by atoms with Crippen molar-refractivity contribution in [3.8, 4) is 0 Å². The highest BCUT2D eigenvalue weighted by molar-refractivity contribution is 5.95. The third kappa shape index (κ3) is 20.8. The summed E-state index contributed by atoms with van der Waals surface area (Å²) in [5.74, 6) is 0.177. The first-order chi connectivity index (χ1) is 43.4. The molecular formula is C73H118F4N12O2. The predicted molar refractivity (Wildman–Crippen MR) is 366 cm³/mol. The molecule has 6 N–H and O–H groups in total. The molecule has 2 aromatic carbocycles. The number of fused-ring (bicyclic) bond motifs is 2. The van der Waals surface area contributed by atoms with E-state index in [1.54, 1.807) is 6.20 Å². The van der Waals surface area contributed by atoms with Crippen LogP contribution in [0.1, 0.15) is 163 Å². The van der Waals surface area contributed by atoms with Gasteiger partial charge >= 0.3 is 6.18 Å². The molecule has 12 atom stereocenters. The highest BCUT2D eigenvalue weighted by atomic mass is 19.4. The number of alkyl halides is 3. The third-order valence-electron chi connectivity index (χ3n) is 20.9. The van der Waals surface area contributed by atoms with Gasteiger partial charge in [-0.2, -0.15) is 13.2 Å². The number of hydrogen-bond donors (Lipinski definition) is 6. The maximum atomic E-state index is 14.8. The summed E-state index contributed by atoms with van der Waals surface area (Å²) in [5, 5.41) is 24.1. The summed E-state index contributed by atoms with van der Waals surface area (Å²) in [5.41, 5.74) is 4.62. The molecule has 18 heteroatoms. The number of amides is 1. The van der Waals surface area contributed by atoms with E-state index in [0.29, 0.717) is 81.1 Å². The maximum absolute atomic E-state index is 14.8. The number of allylic oxidation sites excluding steroid dienone is 3. The van der Waals surface area contributed by atoms with Gasteiger partial charge in [-0.25, -0.2) is 4.39 Å². The molecule has 1 spiro atoms. The quantitative estimate of drug-likeness (QED) is 0.113. The first-order valence-electron chi connectivity index (χ1n) is 34.9. The topological polar surface area (TPSA) is 127 Å². The fraction of sp³-hybridized carbons (Fsp3) is 0.699. The Kier molecular flexibility index (Phi) is 28.4. The lowest BCUT2D eigenvalue weighted by atomic mass is 9.74. The van der Waals surface area contributed by atoms with E-state index in [1.165, 1.54) is 35.7 Å². The molecule has 510 valence electrons. The second kappa shape index (κ2) is 35.1. The SMILES string of the molecule is CC[C@H](C)[C@H]1C(C)NC2(CCCC2)CNCCNC=CC(CCc2ccc(C(F)(F)F)c(F)c2)=NC=CN(C)C=C(Cc2ccc(C)cc2)N(C)C=C2CCCN2[C@@H](C)C(C)N[C@@H]([C@@H](C)CC)CN[C@@H](CC(C)C)C(C)NCC2[C@@H](C(=O)N3CCOCC3)C(C)N21. The predicted octanol–water partition coefficient (Wildman–Crippen LogP) is 11.6. The normalized spacial score (nSPS) is 28.7. The van der Waals surface area contributed by atoms with Crippen molar-refractivity contribution in [3.63, 3.8) is 0 Å². The van der Waals surface area contributed by atoms with E-state index in [0.717, 1.165) is 95.5 Å². The molecule has 5 unspecified atom stereocenters. The number of hydrogen-bond acceptors (Lipinski definition) is 13. The van der Waals surface area contributed by atoms with Crippen LogP contribution in [-0.4, -0.2) is 176 Å². The minimum absolute atomic E-state index is 0.0306. The van der Waals surface area contributed by atoms with Gasteiger partial charge in [0.2, 0.25) is 5.91 Å². The number of benzene rings is 2. The number of aryl methyl sites for hydroxylation is 2. The standard InChI is InChI=1S/C73H118F4N12O2/c1-15-52(6)67-45-82-66(42-50(3)4)55(9)81-46-68-69(71(90)87-38-40-91-41-39-87)58(12)89(68)70(53(7)16-2)56(10)84-72(30-17-18-31-72)49-79-34-33-78-32-29-61(27-25-60-26-28-64(65(74)44-60)73(75,76)77)80-35-37-85(13)47-63(43-59-23-21-51(5)22-24-59)86(14)48-62-20-19-36-88(62)57(11)54(8)83-67/h21-24,26,28-29,32,35,37,44,47-48,50,52-58,66-70,78-79,81-84H,15-20,25,27,30-31,33-34,36,38-43,45-46,49H2,1-14H3/t52-,53-,54?,55?,56?,57-,58?,66-,67+,68?,69-,70-/m0/s1. The second-order valence-corrected chi connectivity index (χ2v) is 28.2. The summed E-state index contributed by atoms with van der Waals surface area (Å²) in [6.45, 7) is 35.2. The monoisotopic (exact) mass is 1270 g/mol. The zero-order valence-corrected chi connectivity index (χ0v) is 58.1. The number of ether oxygens (including phenoxy) is 1. The van der Waals surface area contributed by atoms with Crippen molar-refractivity contribution in [1.29, 1.82) is 0 Å². The van der Waals surface area contributed by atoms with Gasteiger partial charge in [0.05, 0.1) is 24.7 Å². The van der Waals surface area contributed by atoms with E-state index in [2.05, 4.69) is 178 Å². The molecule has 2 aromatic rings. The molecule has 5 aliphatic rings. The lowest BCUT2D eigenvalue weighted by molar-refractivity contribution is -0.165. The van der Waals surface area contributed by atoms with Gasteiger partial charge in [-0.05, 0) is 140 Å². The van der Waals surface area contributed by atoms with Crippen LogP contribution < -0.4 is 31.9 Å². The van der Waals surface area contributed by atoms with Crippen molar-refractivity contribution in [2.24, 2.45) is 28.7 Å². The van der Waals surface area contributed by atoms with E-state index in [4.69, 9.17) is 9.73 Å². The first kappa shape index (κ1) is 73.6. The lowest BCUT2D eigenvalue weighted by Crippen LogP contribution is -2.76. The Morgan fingerprint density at radius 3 is 2.19 bits per heavy atom. The van der Waals surface area contributed by atoms with E-state index in [1.807, 2.05) is 30.4 Å². The number of rotatable bonds is 12. The van der Waals surface area contributed by atoms with Gasteiger partial charge in [-0.15, -0.1) is 0 Å². The molecule has 0 aromatic heterocycles. The number of halogens is 4. The number of nitrogens with one attached hydrogen (secondary N) is 6. The van der Waals surface area contributed by atoms with Crippen LogP contribution in [0.25, 0.3) is 0 Å². The second-order valence-electron chi connectivity index (χ2n) is 28.2. The average molecular weight is 1270 g/mol. The maximum Gasteiger partial charge on any atom is 0.419 e. The fourth-order valence-electron chi connectivity index (χ4n) is 14.9. The van der Waals surface area contributed by atoms with Crippen molar-refractivity contribution >= 4 is 11.6 Å². The molecule has 1 aliphatic carbocycles. The van der Waals surface area contributed by atoms with E-state index >= 15 is 0 Å². The molecule has 4 aliphatic heterocycles. The number of carbonyl (C=O) groups excluding carboxylic acids is 1. The summed E-state index contributed by atoms with van der Waals surface area (Å²) in [6.07, 6.45) is 18.2. The van der Waals surface area contributed by atoms with Gasteiger partial charge in [0.15, 0.2) is 0 Å². The number of morpholine rings is 1. The average Bonchev–Trinajstić information content (AvgIpc) is 1.03.